The maximum atomic E-state index is 5.84. The molecule has 1 aliphatic carbocycles. The smallest absolute Gasteiger partial charge is 0.194 e. The van der Waals surface area contributed by atoms with Crippen LogP contribution in [0.3, 0.4) is 0 Å². The van der Waals surface area contributed by atoms with E-state index in [1.807, 2.05) is 0 Å². The molecule has 0 spiro atoms. The lowest BCUT2D eigenvalue weighted by Gasteiger charge is -2.25. The molecule has 1 aliphatic heterocycles. The SMILES string of the molecule is Cc1oc(CC2CNC2)nc1C1CCCCC1. The quantitative estimate of drug-likeness (QED) is 0.874. The first kappa shape index (κ1) is 11.3. The molecule has 1 N–H and O–H groups in total. The van der Waals surface area contributed by atoms with E-state index in [1.165, 1.54) is 37.8 Å². The molecule has 1 saturated carbocycles. The lowest BCUT2D eigenvalue weighted by molar-refractivity contribution is 0.315. The van der Waals surface area contributed by atoms with Crippen molar-refractivity contribution in [3.63, 3.8) is 0 Å². The van der Waals surface area contributed by atoms with E-state index in [2.05, 4.69) is 12.2 Å². The van der Waals surface area contributed by atoms with Crippen molar-refractivity contribution in [2.75, 3.05) is 13.1 Å². The van der Waals surface area contributed by atoms with Gasteiger partial charge in [-0.3, -0.25) is 0 Å². The molecule has 2 aliphatic rings. The molecule has 0 bridgehead atoms. The number of nitrogens with zero attached hydrogens (tertiary/aromatic N) is 1. The van der Waals surface area contributed by atoms with Crippen molar-refractivity contribution in [2.24, 2.45) is 5.92 Å². The van der Waals surface area contributed by atoms with Crippen LogP contribution in [0.5, 0.6) is 0 Å². The minimum Gasteiger partial charge on any atom is -0.446 e. The van der Waals surface area contributed by atoms with Gasteiger partial charge in [-0.1, -0.05) is 19.3 Å². The fourth-order valence-corrected chi connectivity index (χ4v) is 3.05. The molecular formula is C14H22N2O. The zero-order valence-electron chi connectivity index (χ0n) is 10.7. The van der Waals surface area contributed by atoms with Crippen molar-refractivity contribution in [3.8, 4) is 0 Å². The van der Waals surface area contributed by atoms with Gasteiger partial charge in [-0.05, 0) is 38.8 Å². The van der Waals surface area contributed by atoms with E-state index in [9.17, 15) is 0 Å². The van der Waals surface area contributed by atoms with Crippen LogP contribution in [0.25, 0.3) is 0 Å². The Morgan fingerprint density at radius 1 is 1.24 bits per heavy atom. The molecule has 1 saturated heterocycles. The summed E-state index contributed by atoms with van der Waals surface area (Å²) < 4.78 is 5.84. The highest BCUT2D eigenvalue weighted by molar-refractivity contribution is 5.15. The van der Waals surface area contributed by atoms with Gasteiger partial charge in [0.05, 0.1) is 5.69 Å². The summed E-state index contributed by atoms with van der Waals surface area (Å²) in [6.07, 6.45) is 7.74. The molecule has 2 heterocycles. The van der Waals surface area contributed by atoms with Crippen molar-refractivity contribution in [1.82, 2.24) is 10.3 Å². The van der Waals surface area contributed by atoms with E-state index in [4.69, 9.17) is 9.40 Å². The molecule has 2 fully saturated rings. The third-order valence-corrected chi connectivity index (χ3v) is 4.20. The molecule has 0 atom stereocenters. The summed E-state index contributed by atoms with van der Waals surface area (Å²) in [4.78, 5) is 4.76. The fraction of sp³-hybridized carbons (Fsp3) is 0.786. The molecule has 3 nitrogen and oxygen atoms in total. The first-order chi connectivity index (χ1) is 8.33. The molecule has 94 valence electrons. The standard InChI is InChI=1S/C14H22N2O/c1-10-14(12-5-3-2-4-6-12)16-13(17-10)7-11-8-15-9-11/h11-12,15H,2-9H2,1H3. The average Bonchev–Trinajstić information content (AvgIpc) is 2.66. The lowest BCUT2D eigenvalue weighted by atomic mass is 9.86. The maximum Gasteiger partial charge on any atom is 0.194 e. The third-order valence-electron chi connectivity index (χ3n) is 4.20. The topological polar surface area (TPSA) is 38.1 Å². The van der Waals surface area contributed by atoms with Gasteiger partial charge in [0, 0.05) is 12.3 Å². The predicted octanol–water partition coefficient (Wildman–Crippen LogP) is 2.79. The molecule has 17 heavy (non-hydrogen) atoms. The Morgan fingerprint density at radius 2 is 2.00 bits per heavy atom. The summed E-state index contributed by atoms with van der Waals surface area (Å²) >= 11 is 0. The molecule has 1 aromatic heterocycles. The van der Waals surface area contributed by atoms with Crippen molar-refractivity contribution in [2.45, 2.75) is 51.4 Å². The van der Waals surface area contributed by atoms with Crippen LogP contribution in [-0.4, -0.2) is 18.1 Å². The van der Waals surface area contributed by atoms with Crippen LogP contribution in [0.2, 0.25) is 0 Å². The van der Waals surface area contributed by atoms with Crippen LogP contribution in [0.4, 0.5) is 0 Å². The largest absolute Gasteiger partial charge is 0.446 e. The van der Waals surface area contributed by atoms with E-state index in [-0.39, 0.29) is 0 Å². The van der Waals surface area contributed by atoms with Crippen molar-refractivity contribution >= 4 is 0 Å². The second-order valence-electron chi connectivity index (χ2n) is 5.61. The summed E-state index contributed by atoms with van der Waals surface area (Å²) in [5, 5.41) is 3.30. The zero-order valence-corrected chi connectivity index (χ0v) is 10.7. The minimum atomic E-state index is 0.667. The van der Waals surface area contributed by atoms with Gasteiger partial charge in [-0.25, -0.2) is 4.98 Å². The number of hydrogen-bond acceptors (Lipinski definition) is 3. The van der Waals surface area contributed by atoms with Gasteiger partial charge in [-0.2, -0.15) is 0 Å². The summed E-state index contributed by atoms with van der Waals surface area (Å²) in [6, 6.07) is 0. The van der Waals surface area contributed by atoms with E-state index < -0.39 is 0 Å². The molecule has 3 heteroatoms. The van der Waals surface area contributed by atoms with Crippen LogP contribution in [0, 0.1) is 12.8 Å². The van der Waals surface area contributed by atoms with Gasteiger partial charge >= 0.3 is 0 Å². The van der Waals surface area contributed by atoms with Crippen molar-refractivity contribution in [3.05, 3.63) is 17.3 Å². The van der Waals surface area contributed by atoms with Gasteiger partial charge in [-0.15, -0.1) is 0 Å². The Kier molecular flexibility index (Phi) is 3.19. The van der Waals surface area contributed by atoms with E-state index in [0.717, 1.165) is 37.1 Å². The summed E-state index contributed by atoms with van der Waals surface area (Å²) in [6.45, 7) is 4.33. The first-order valence-electron chi connectivity index (χ1n) is 7.00. The second kappa shape index (κ2) is 4.81. The number of oxazole rings is 1. The van der Waals surface area contributed by atoms with E-state index in [1.54, 1.807) is 0 Å². The highest BCUT2D eigenvalue weighted by Gasteiger charge is 2.24. The highest BCUT2D eigenvalue weighted by atomic mass is 16.4. The molecule has 0 amide bonds. The monoisotopic (exact) mass is 234 g/mol. The molecule has 0 unspecified atom stereocenters. The Bertz CT molecular complexity index is 376. The van der Waals surface area contributed by atoms with Gasteiger partial charge in [0.15, 0.2) is 5.89 Å². The Balaban J connectivity index is 1.70. The summed E-state index contributed by atoms with van der Waals surface area (Å²) in [5.41, 5.74) is 1.26. The molecule has 0 radical (unpaired) electrons. The Hall–Kier alpha value is -0.830. The third kappa shape index (κ3) is 2.39. The molecule has 1 aromatic rings. The van der Waals surface area contributed by atoms with Gasteiger partial charge in [0.1, 0.15) is 5.76 Å². The van der Waals surface area contributed by atoms with Crippen LogP contribution < -0.4 is 5.32 Å². The minimum absolute atomic E-state index is 0.667. The molecule has 0 aromatic carbocycles. The second-order valence-corrected chi connectivity index (χ2v) is 5.61. The average molecular weight is 234 g/mol. The number of nitrogens with one attached hydrogen (secondary N) is 1. The first-order valence-corrected chi connectivity index (χ1v) is 7.00. The van der Waals surface area contributed by atoms with Crippen LogP contribution in [0.1, 0.15) is 55.4 Å². The van der Waals surface area contributed by atoms with Gasteiger partial charge < -0.3 is 9.73 Å². The van der Waals surface area contributed by atoms with E-state index in [0.29, 0.717) is 5.92 Å². The zero-order chi connectivity index (χ0) is 11.7. The van der Waals surface area contributed by atoms with Crippen LogP contribution >= 0.6 is 0 Å². The number of rotatable bonds is 3. The molecular weight excluding hydrogens is 212 g/mol. The Labute approximate surface area is 103 Å². The van der Waals surface area contributed by atoms with Gasteiger partial charge in [0.2, 0.25) is 0 Å². The van der Waals surface area contributed by atoms with Gasteiger partial charge in [0.25, 0.3) is 0 Å². The molecule has 3 rings (SSSR count). The summed E-state index contributed by atoms with van der Waals surface area (Å²) in [5.74, 6) is 3.45. The predicted molar refractivity (Wildman–Crippen MR) is 67.1 cm³/mol. The number of hydrogen-bond donors (Lipinski definition) is 1. The van der Waals surface area contributed by atoms with E-state index >= 15 is 0 Å². The normalized spacial score (nSPS) is 22.6. The van der Waals surface area contributed by atoms with Crippen LogP contribution in [0.15, 0.2) is 4.42 Å². The number of aryl methyl sites for hydroxylation is 1. The van der Waals surface area contributed by atoms with Crippen LogP contribution in [-0.2, 0) is 6.42 Å². The summed E-state index contributed by atoms with van der Waals surface area (Å²) in [7, 11) is 0. The van der Waals surface area contributed by atoms with Crippen molar-refractivity contribution < 1.29 is 4.42 Å². The number of aromatic nitrogens is 1. The fourth-order valence-electron chi connectivity index (χ4n) is 3.05. The maximum absolute atomic E-state index is 5.84. The highest BCUT2D eigenvalue weighted by Crippen LogP contribution is 2.34. The lowest BCUT2D eigenvalue weighted by Crippen LogP contribution is -2.43. The Morgan fingerprint density at radius 3 is 2.65 bits per heavy atom. The van der Waals surface area contributed by atoms with Crippen molar-refractivity contribution in [1.29, 1.82) is 0 Å².